The average Bonchev–Trinajstić information content (AvgIpc) is 2.36. The molecule has 118 valence electrons. The molecule has 0 spiro atoms. The average molecular weight is 313 g/mol. The number of nitrogens with one attached hydrogen (secondary N) is 1. The van der Waals surface area contributed by atoms with Crippen molar-refractivity contribution in [3.8, 4) is 0 Å². The number of carboxylic acid groups (broad SMARTS) is 1. The number of carboxylic acids is 1. The van der Waals surface area contributed by atoms with E-state index in [0.29, 0.717) is 24.9 Å². The Bertz CT molecular complexity index is 593. The fraction of sp³-hybridized carbons (Fsp3) is 0.533. The molecular formula is C15H23NO4S. The van der Waals surface area contributed by atoms with Crippen molar-refractivity contribution in [3.63, 3.8) is 0 Å². The minimum atomic E-state index is -3.51. The van der Waals surface area contributed by atoms with Crippen molar-refractivity contribution in [3.05, 3.63) is 29.8 Å². The van der Waals surface area contributed by atoms with E-state index in [1.807, 2.05) is 13.8 Å². The zero-order valence-electron chi connectivity index (χ0n) is 12.7. The third-order valence-electron chi connectivity index (χ3n) is 3.49. The van der Waals surface area contributed by atoms with Crippen LogP contribution in [0.3, 0.4) is 0 Å². The Morgan fingerprint density at radius 1 is 1.24 bits per heavy atom. The zero-order chi connectivity index (χ0) is 16.1. The molecule has 0 aliphatic rings. The molecule has 1 aromatic carbocycles. The Morgan fingerprint density at radius 3 is 2.43 bits per heavy atom. The summed E-state index contributed by atoms with van der Waals surface area (Å²) in [5.74, 6) is -0.830. The standard InChI is InChI=1S/C15H23NO4S/c1-12-6-4-5-7-13(12)21(19,20)16-11-10-15(2,3)9-8-14(17)18/h4-7,16H,8-11H2,1-3H3,(H,17,18). The van der Waals surface area contributed by atoms with E-state index in [4.69, 9.17) is 5.11 Å². The molecule has 0 radical (unpaired) electrons. The molecule has 1 aromatic rings. The Balaban J connectivity index is 2.59. The van der Waals surface area contributed by atoms with Crippen LogP contribution in [0.5, 0.6) is 0 Å². The highest BCUT2D eigenvalue weighted by atomic mass is 32.2. The van der Waals surface area contributed by atoms with Gasteiger partial charge in [-0.1, -0.05) is 32.0 Å². The highest BCUT2D eigenvalue weighted by Gasteiger charge is 2.21. The molecule has 0 aromatic heterocycles. The first-order valence-corrected chi connectivity index (χ1v) is 8.39. The molecule has 0 bridgehead atoms. The normalized spacial score (nSPS) is 12.3. The quantitative estimate of drug-likeness (QED) is 0.772. The van der Waals surface area contributed by atoms with Crippen LogP contribution in [0.15, 0.2) is 29.2 Å². The zero-order valence-corrected chi connectivity index (χ0v) is 13.5. The lowest BCUT2D eigenvalue weighted by Gasteiger charge is -2.23. The molecule has 0 heterocycles. The second-order valence-corrected chi connectivity index (χ2v) is 7.71. The Morgan fingerprint density at radius 2 is 1.86 bits per heavy atom. The SMILES string of the molecule is Cc1ccccc1S(=O)(=O)NCCC(C)(C)CCC(=O)O. The highest BCUT2D eigenvalue weighted by Crippen LogP contribution is 2.26. The number of benzene rings is 1. The molecule has 1 rings (SSSR count). The van der Waals surface area contributed by atoms with Crippen molar-refractivity contribution in [2.24, 2.45) is 5.41 Å². The van der Waals surface area contributed by atoms with Crippen molar-refractivity contribution in [2.45, 2.75) is 44.9 Å². The molecule has 0 saturated heterocycles. The maximum atomic E-state index is 12.2. The molecule has 0 fully saturated rings. The number of carbonyl (C=O) groups is 1. The van der Waals surface area contributed by atoms with Gasteiger partial charge < -0.3 is 5.11 Å². The van der Waals surface area contributed by atoms with Gasteiger partial charge in [-0.3, -0.25) is 4.79 Å². The first-order chi connectivity index (χ1) is 9.64. The van der Waals surface area contributed by atoms with Crippen molar-refractivity contribution in [1.29, 1.82) is 0 Å². The lowest BCUT2D eigenvalue weighted by molar-refractivity contribution is -0.137. The third kappa shape index (κ3) is 5.85. The van der Waals surface area contributed by atoms with Crippen molar-refractivity contribution in [2.75, 3.05) is 6.54 Å². The molecule has 0 atom stereocenters. The molecule has 0 unspecified atom stereocenters. The van der Waals surface area contributed by atoms with Gasteiger partial charge in [-0.05, 0) is 36.8 Å². The maximum Gasteiger partial charge on any atom is 0.303 e. The molecule has 0 aliphatic heterocycles. The maximum absolute atomic E-state index is 12.2. The third-order valence-corrected chi connectivity index (χ3v) is 5.11. The summed E-state index contributed by atoms with van der Waals surface area (Å²) in [7, 11) is -3.51. The van der Waals surface area contributed by atoms with Gasteiger partial charge in [0.2, 0.25) is 10.0 Å². The number of hydrogen-bond acceptors (Lipinski definition) is 3. The molecule has 2 N–H and O–H groups in total. The van der Waals surface area contributed by atoms with Crippen LogP contribution in [0.4, 0.5) is 0 Å². The molecule has 0 amide bonds. The predicted molar refractivity (Wildman–Crippen MR) is 81.6 cm³/mol. The predicted octanol–water partition coefficient (Wildman–Crippen LogP) is 2.55. The van der Waals surface area contributed by atoms with E-state index in [1.165, 1.54) is 0 Å². The molecular weight excluding hydrogens is 290 g/mol. The van der Waals surface area contributed by atoms with Gasteiger partial charge in [0.1, 0.15) is 0 Å². The van der Waals surface area contributed by atoms with Gasteiger partial charge in [0, 0.05) is 13.0 Å². The molecule has 5 nitrogen and oxygen atoms in total. The minimum absolute atomic E-state index is 0.0948. The van der Waals surface area contributed by atoms with Crippen molar-refractivity contribution in [1.82, 2.24) is 4.72 Å². The van der Waals surface area contributed by atoms with E-state index in [2.05, 4.69) is 4.72 Å². The fourth-order valence-corrected chi connectivity index (χ4v) is 3.31. The summed E-state index contributed by atoms with van der Waals surface area (Å²) in [6.07, 6.45) is 1.21. The Hall–Kier alpha value is -1.40. The van der Waals surface area contributed by atoms with Gasteiger partial charge >= 0.3 is 5.97 Å². The monoisotopic (exact) mass is 313 g/mol. The molecule has 21 heavy (non-hydrogen) atoms. The van der Waals surface area contributed by atoms with Crippen LogP contribution in [0.1, 0.15) is 38.7 Å². The number of rotatable bonds is 8. The van der Waals surface area contributed by atoms with Gasteiger partial charge in [0.15, 0.2) is 0 Å². The summed E-state index contributed by atoms with van der Waals surface area (Å²) >= 11 is 0. The topological polar surface area (TPSA) is 83.5 Å². The van der Waals surface area contributed by atoms with Crippen LogP contribution in [0.2, 0.25) is 0 Å². The Kier molecular flexibility index (Phi) is 5.92. The van der Waals surface area contributed by atoms with E-state index in [-0.39, 0.29) is 16.7 Å². The second kappa shape index (κ2) is 7.04. The van der Waals surface area contributed by atoms with Gasteiger partial charge in [-0.15, -0.1) is 0 Å². The van der Waals surface area contributed by atoms with Crippen LogP contribution in [-0.4, -0.2) is 26.0 Å². The summed E-state index contributed by atoms with van der Waals surface area (Å²) in [6, 6.07) is 6.82. The van der Waals surface area contributed by atoms with Crippen LogP contribution in [0.25, 0.3) is 0 Å². The fourth-order valence-electron chi connectivity index (χ4n) is 2.03. The summed E-state index contributed by atoms with van der Waals surface area (Å²) in [5, 5.41) is 8.70. The largest absolute Gasteiger partial charge is 0.481 e. The summed E-state index contributed by atoms with van der Waals surface area (Å²) in [5.41, 5.74) is 0.488. The minimum Gasteiger partial charge on any atom is -0.481 e. The molecule has 0 aliphatic carbocycles. The lowest BCUT2D eigenvalue weighted by atomic mass is 9.84. The van der Waals surface area contributed by atoms with E-state index >= 15 is 0 Å². The molecule has 6 heteroatoms. The summed E-state index contributed by atoms with van der Waals surface area (Å²) in [4.78, 5) is 10.9. The number of sulfonamides is 1. The van der Waals surface area contributed by atoms with Crippen molar-refractivity contribution >= 4 is 16.0 Å². The van der Waals surface area contributed by atoms with E-state index < -0.39 is 16.0 Å². The van der Waals surface area contributed by atoms with Gasteiger partial charge in [-0.2, -0.15) is 0 Å². The van der Waals surface area contributed by atoms with E-state index in [9.17, 15) is 13.2 Å². The number of aryl methyl sites for hydroxylation is 1. The Labute approximate surface area is 126 Å². The lowest BCUT2D eigenvalue weighted by Crippen LogP contribution is -2.29. The first-order valence-electron chi connectivity index (χ1n) is 6.91. The highest BCUT2D eigenvalue weighted by molar-refractivity contribution is 7.89. The van der Waals surface area contributed by atoms with Gasteiger partial charge in [0.05, 0.1) is 4.90 Å². The van der Waals surface area contributed by atoms with E-state index in [0.717, 1.165) is 0 Å². The van der Waals surface area contributed by atoms with Crippen LogP contribution in [-0.2, 0) is 14.8 Å². The summed E-state index contributed by atoms with van der Waals surface area (Å²) < 4.78 is 27.0. The van der Waals surface area contributed by atoms with Crippen LogP contribution >= 0.6 is 0 Å². The molecule has 0 saturated carbocycles. The van der Waals surface area contributed by atoms with E-state index in [1.54, 1.807) is 31.2 Å². The number of hydrogen-bond donors (Lipinski definition) is 2. The second-order valence-electron chi connectivity index (χ2n) is 5.97. The van der Waals surface area contributed by atoms with Gasteiger partial charge in [0.25, 0.3) is 0 Å². The van der Waals surface area contributed by atoms with Crippen LogP contribution < -0.4 is 4.72 Å². The summed E-state index contributed by atoms with van der Waals surface area (Å²) in [6.45, 7) is 5.94. The first kappa shape index (κ1) is 17.7. The van der Waals surface area contributed by atoms with Crippen molar-refractivity contribution < 1.29 is 18.3 Å². The van der Waals surface area contributed by atoms with Crippen LogP contribution in [0, 0.1) is 12.3 Å². The number of aliphatic carboxylic acids is 1. The van der Waals surface area contributed by atoms with Gasteiger partial charge in [-0.25, -0.2) is 13.1 Å². The smallest absolute Gasteiger partial charge is 0.303 e.